The SMILES string of the molecule is O=C(N1CCCCC1)N1CCN(c2cncc(-n3cccn3)n2)CC1. The zero-order valence-corrected chi connectivity index (χ0v) is 14.3. The van der Waals surface area contributed by atoms with Crippen molar-refractivity contribution in [3.05, 3.63) is 30.9 Å². The topological polar surface area (TPSA) is 70.4 Å². The normalized spacial score (nSPS) is 18.5. The fourth-order valence-corrected chi connectivity index (χ4v) is 3.42. The van der Waals surface area contributed by atoms with Gasteiger partial charge < -0.3 is 14.7 Å². The number of hydrogen-bond acceptors (Lipinski definition) is 5. The van der Waals surface area contributed by atoms with E-state index in [4.69, 9.17) is 0 Å². The third-order valence-electron chi connectivity index (χ3n) is 4.85. The predicted molar refractivity (Wildman–Crippen MR) is 93.8 cm³/mol. The minimum Gasteiger partial charge on any atom is -0.352 e. The summed E-state index contributed by atoms with van der Waals surface area (Å²) in [6, 6.07) is 2.05. The molecule has 0 N–H and O–H groups in total. The van der Waals surface area contributed by atoms with E-state index in [-0.39, 0.29) is 6.03 Å². The highest BCUT2D eigenvalue weighted by molar-refractivity contribution is 5.75. The predicted octanol–water partition coefficient (Wildman–Crippen LogP) is 1.39. The summed E-state index contributed by atoms with van der Waals surface area (Å²) >= 11 is 0. The van der Waals surface area contributed by atoms with E-state index < -0.39 is 0 Å². The van der Waals surface area contributed by atoms with Gasteiger partial charge in [0.25, 0.3) is 0 Å². The van der Waals surface area contributed by atoms with Crippen LogP contribution in [0.2, 0.25) is 0 Å². The summed E-state index contributed by atoms with van der Waals surface area (Å²) in [5.74, 6) is 1.53. The highest BCUT2D eigenvalue weighted by Gasteiger charge is 2.26. The molecule has 2 aromatic heterocycles. The highest BCUT2D eigenvalue weighted by Crippen LogP contribution is 2.17. The van der Waals surface area contributed by atoms with Gasteiger partial charge in [-0.15, -0.1) is 0 Å². The maximum atomic E-state index is 12.6. The van der Waals surface area contributed by atoms with Crippen LogP contribution in [0.25, 0.3) is 5.82 Å². The van der Waals surface area contributed by atoms with Crippen LogP contribution < -0.4 is 4.90 Å². The largest absolute Gasteiger partial charge is 0.352 e. The van der Waals surface area contributed by atoms with Crippen molar-refractivity contribution in [1.29, 1.82) is 0 Å². The Hall–Kier alpha value is -2.64. The molecular weight excluding hydrogens is 318 g/mol. The van der Waals surface area contributed by atoms with Crippen molar-refractivity contribution in [2.24, 2.45) is 0 Å². The molecule has 2 aliphatic rings. The number of hydrogen-bond donors (Lipinski definition) is 0. The fraction of sp³-hybridized carbons (Fsp3) is 0.529. The number of amides is 2. The average molecular weight is 341 g/mol. The number of aromatic nitrogens is 4. The minimum atomic E-state index is 0.190. The molecule has 132 valence electrons. The van der Waals surface area contributed by atoms with E-state index in [0.29, 0.717) is 5.82 Å². The molecule has 0 atom stereocenters. The fourth-order valence-electron chi connectivity index (χ4n) is 3.42. The molecule has 25 heavy (non-hydrogen) atoms. The van der Waals surface area contributed by atoms with Crippen LogP contribution >= 0.6 is 0 Å². The molecule has 0 aliphatic carbocycles. The van der Waals surface area contributed by atoms with Gasteiger partial charge in [0, 0.05) is 51.7 Å². The van der Waals surface area contributed by atoms with Crippen LogP contribution in [0.5, 0.6) is 0 Å². The molecule has 2 saturated heterocycles. The lowest BCUT2D eigenvalue weighted by atomic mass is 10.1. The van der Waals surface area contributed by atoms with Crippen molar-refractivity contribution >= 4 is 11.8 Å². The maximum absolute atomic E-state index is 12.6. The second-order valence-electron chi connectivity index (χ2n) is 6.49. The van der Waals surface area contributed by atoms with E-state index in [1.807, 2.05) is 22.1 Å². The zero-order chi connectivity index (χ0) is 17.1. The van der Waals surface area contributed by atoms with Crippen LogP contribution in [0.3, 0.4) is 0 Å². The van der Waals surface area contributed by atoms with Gasteiger partial charge in [0.2, 0.25) is 0 Å². The van der Waals surface area contributed by atoms with Crippen LogP contribution in [0.1, 0.15) is 19.3 Å². The first kappa shape index (κ1) is 15.9. The standard InChI is InChI=1S/C17H23N7O/c25-17(22-6-2-1-3-7-22)23-11-9-21(10-12-23)15-13-18-14-16(20-15)24-8-4-5-19-24/h4-5,8,13-14H,1-3,6-7,9-12H2. The summed E-state index contributed by atoms with van der Waals surface area (Å²) < 4.78 is 1.70. The molecular formula is C17H23N7O. The molecule has 0 aromatic carbocycles. The monoisotopic (exact) mass is 341 g/mol. The Morgan fingerprint density at radius 3 is 2.32 bits per heavy atom. The van der Waals surface area contributed by atoms with Gasteiger partial charge in [-0.3, -0.25) is 4.98 Å². The maximum Gasteiger partial charge on any atom is 0.320 e. The second-order valence-corrected chi connectivity index (χ2v) is 6.49. The Morgan fingerprint density at radius 1 is 0.880 bits per heavy atom. The molecule has 4 heterocycles. The summed E-state index contributed by atoms with van der Waals surface area (Å²) in [5, 5.41) is 4.20. The van der Waals surface area contributed by atoms with Crippen LogP contribution in [-0.2, 0) is 0 Å². The lowest BCUT2D eigenvalue weighted by Crippen LogP contribution is -2.53. The van der Waals surface area contributed by atoms with Gasteiger partial charge in [0.05, 0.1) is 12.4 Å². The van der Waals surface area contributed by atoms with Gasteiger partial charge in [-0.25, -0.2) is 14.5 Å². The number of piperidine rings is 1. The summed E-state index contributed by atoms with van der Waals surface area (Å²) in [5.41, 5.74) is 0. The van der Waals surface area contributed by atoms with Crippen LogP contribution in [-0.4, -0.2) is 74.8 Å². The smallest absolute Gasteiger partial charge is 0.320 e. The van der Waals surface area contributed by atoms with Crippen molar-refractivity contribution in [2.75, 3.05) is 44.2 Å². The van der Waals surface area contributed by atoms with Gasteiger partial charge in [-0.05, 0) is 25.3 Å². The quantitative estimate of drug-likeness (QED) is 0.825. The molecule has 2 fully saturated rings. The number of piperazine rings is 1. The number of anilines is 1. The highest BCUT2D eigenvalue weighted by atomic mass is 16.2. The molecule has 2 aromatic rings. The minimum absolute atomic E-state index is 0.190. The van der Waals surface area contributed by atoms with Crippen molar-refractivity contribution in [1.82, 2.24) is 29.5 Å². The van der Waals surface area contributed by atoms with Gasteiger partial charge in [-0.2, -0.15) is 5.10 Å². The molecule has 0 bridgehead atoms. The van der Waals surface area contributed by atoms with Crippen molar-refractivity contribution in [3.63, 3.8) is 0 Å². The zero-order valence-electron chi connectivity index (χ0n) is 14.3. The Labute approximate surface area is 147 Å². The van der Waals surface area contributed by atoms with Crippen LogP contribution in [0, 0.1) is 0 Å². The summed E-state index contributed by atoms with van der Waals surface area (Å²) in [6.45, 7) is 4.80. The molecule has 4 rings (SSSR count). The Bertz CT molecular complexity index is 704. The van der Waals surface area contributed by atoms with Crippen LogP contribution in [0.15, 0.2) is 30.9 Å². The number of rotatable bonds is 2. The average Bonchev–Trinajstić information content (AvgIpc) is 3.23. The summed E-state index contributed by atoms with van der Waals surface area (Å²) in [4.78, 5) is 27.7. The van der Waals surface area contributed by atoms with Crippen molar-refractivity contribution in [3.8, 4) is 5.82 Å². The Balaban J connectivity index is 1.38. The number of likely N-dealkylation sites (tertiary alicyclic amines) is 1. The molecule has 2 aliphatic heterocycles. The first-order valence-corrected chi connectivity index (χ1v) is 8.92. The van der Waals surface area contributed by atoms with E-state index in [9.17, 15) is 4.79 Å². The number of urea groups is 1. The Kier molecular flexibility index (Phi) is 4.49. The molecule has 8 nitrogen and oxygen atoms in total. The second kappa shape index (κ2) is 7.08. The summed E-state index contributed by atoms with van der Waals surface area (Å²) in [6.07, 6.45) is 10.5. The van der Waals surface area contributed by atoms with E-state index in [2.05, 4.69) is 20.0 Å². The third-order valence-corrected chi connectivity index (χ3v) is 4.85. The Morgan fingerprint density at radius 2 is 1.60 bits per heavy atom. The lowest BCUT2D eigenvalue weighted by Gasteiger charge is -2.38. The number of carbonyl (C=O) groups is 1. The van der Waals surface area contributed by atoms with Gasteiger partial charge in [-0.1, -0.05) is 0 Å². The molecule has 0 spiro atoms. The van der Waals surface area contributed by atoms with E-state index >= 15 is 0 Å². The molecule has 0 unspecified atom stereocenters. The molecule has 0 saturated carbocycles. The van der Waals surface area contributed by atoms with Crippen molar-refractivity contribution < 1.29 is 4.79 Å². The molecule has 0 radical (unpaired) electrons. The van der Waals surface area contributed by atoms with Gasteiger partial charge >= 0.3 is 6.03 Å². The first-order valence-electron chi connectivity index (χ1n) is 8.92. The van der Waals surface area contributed by atoms with Gasteiger partial charge in [0.1, 0.15) is 5.82 Å². The van der Waals surface area contributed by atoms with E-state index in [1.165, 1.54) is 6.42 Å². The van der Waals surface area contributed by atoms with E-state index in [0.717, 1.165) is 57.9 Å². The van der Waals surface area contributed by atoms with Gasteiger partial charge in [0.15, 0.2) is 5.82 Å². The van der Waals surface area contributed by atoms with E-state index in [1.54, 1.807) is 23.3 Å². The third kappa shape index (κ3) is 3.42. The molecule has 2 amide bonds. The number of nitrogens with zero attached hydrogens (tertiary/aromatic N) is 7. The lowest BCUT2D eigenvalue weighted by molar-refractivity contribution is 0.141. The van der Waals surface area contributed by atoms with Crippen molar-refractivity contribution in [2.45, 2.75) is 19.3 Å². The number of carbonyl (C=O) groups excluding carboxylic acids is 1. The summed E-state index contributed by atoms with van der Waals surface area (Å²) in [7, 11) is 0. The molecule has 8 heteroatoms. The van der Waals surface area contributed by atoms with Crippen LogP contribution in [0.4, 0.5) is 10.6 Å². The first-order chi connectivity index (χ1) is 12.3.